The van der Waals surface area contributed by atoms with Crippen LogP contribution in [0.25, 0.3) is 0 Å². The van der Waals surface area contributed by atoms with Gasteiger partial charge in [-0.3, -0.25) is 4.79 Å². The topological polar surface area (TPSA) is 54.5 Å². The normalized spacial score (nSPS) is 14.7. The maximum atomic E-state index is 12.3. The highest BCUT2D eigenvalue weighted by atomic mass is 16.5. The number of ether oxygens (including phenoxy) is 1. The minimum absolute atomic E-state index is 0.0467. The number of hydrogen-bond acceptors (Lipinski definition) is 4. The summed E-state index contributed by atoms with van der Waals surface area (Å²) in [5.41, 5.74) is 0.671. The quantitative estimate of drug-likeness (QED) is 0.783. The average Bonchev–Trinajstić information content (AvgIpc) is 3.00. The maximum absolute atomic E-state index is 12.3. The van der Waals surface area contributed by atoms with Crippen LogP contribution in [0.4, 0.5) is 5.82 Å². The first-order chi connectivity index (χ1) is 10.2. The molecular formula is C16H25N3O2. The van der Waals surface area contributed by atoms with Crippen molar-refractivity contribution in [1.29, 1.82) is 0 Å². The predicted octanol–water partition coefficient (Wildman–Crippen LogP) is 2.23. The van der Waals surface area contributed by atoms with Gasteiger partial charge in [0.15, 0.2) is 0 Å². The van der Waals surface area contributed by atoms with E-state index in [1.807, 2.05) is 26.0 Å². The molecule has 2 rings (SSSR count). The van der Waals surface area contributed by atoms with Crippen molar-refractivity contribution in [3.63, 3.8) is 0 Å². The Kier molecular flexibility index (Phi) is 5.99. The smallest absolute Gasteiger partial charge is 0.255 e. The number of anilines is 1. The fourth-order valence-electron chi connectivity index (χ4n) is 2.44. The molecule has 1 aromatic rings. The van der Waals surface area contributed by atoms with Crippen molar-refractivity contribution in [3.05, 3.63) is 23.9 Å². The fraction of sp³-hybridized carbons (Fsp3) is 0.625. The molecule has 5 nitrogen and oxygen atoms in total. The molecule has 1 aliphatic rings. The van der Waals surface area contributed by atoms with Crippen LogP contribution in [0.15, 0.2) is 18.3 Å². The Morgan fingerprint density at radius 2 is 2.19 bits per heavy atom. The van der Waals surface area contributed by atoms with Gasteiger partial charge in [0.2, 0.25) is 0 Å². The van der Waals surface area contributed by atoms with Crippen molar-refractivity contribution in [2.75, 3.05) is 31.1 Å². The average molecular weight is 291 g/mol. The van der Waals surface area contributed by atoms with Crippen LogP contribution in [0.5, 0.6) is 0 Å². The molecule has 1 N–H and O–H groups in total. The van der Waals surface area contributed by atoms with Crippen molar-refractivity contribution in [3.8, 4) is 0 Å². The molecule has 0 bridgehead atoms. The van der Waals surface area contributed by atoms with Gasteiger partial charge in [0.05, 0.1) is 11.7 Å². The molecular weight excluding hydrogens is 266 g/mol. The van der Waals surface area contributed by atoms with E-state index in [0.717, 1.165) is 25.3 Å². The van der Waals surface area contributed by atoms with Crippen molar-refractivity contribution in [1.82, 2.24) is 10.3 Å². The summed E-state index contributed by atoms with van der Waals surface area (Å²) in [6.45, 7) is 7.29. The largest absolute Gasteiger partial charge is 0.379 e. The second-order valence-corrected chi connectivity index (χ2v) is 5.60. The standard InChI is InChI=1S/C16H25N3O2/c1-13(2)21-12-6-9-18-16(20)14-7-5-8-17-15(14)19-10-3-4-11-19/h5,7-8,13H,3-4,6,9-12H2,1-2H3,(H,18,20). The zero-order chi connectivity index (χ0) is 15.1. The SMILES string of the molecule is CC(C)OCCCNC(=O)c1cccnc1N1CCCC1. The van der Waals surface area contributed by atoms with Crippen LogP contribution >= 0.6 is 0 Å². The number of nitrogens with zero attached hydrogens (tertiary/aromatic N) is 2. The third-order valence-electron chi connectivity index (χ3n) is 3.49. The minimum atomic E-state index is -0.0467. The first-order valence-electron chi connectivity index (χ1n) is 7.78. The summed E-state index contributed by atoms with van der Waals surface area (Å²) < 4.78 is 5.46. The number of carbonyl (C=O) groups excluding carboxylic acids is 1. The monoisotopic (exact) mass is 291 g/mol. The van der Waals surface area contributed by atoms with Gasteiger partial charge >= 0.3 is 0 Å². The number of hydrogen-bond donors (Lipinski definition) is 1. The first-order valence-corrected chi connectivity index (χ1v) is 7.78. The van der Waals surface area contributed by atoms with Gasteiger partial charge in [-0.25, -0.2) is 4.98 Å². The van der Waals surface area contributed by atoms with E-state index in [1.165, 1.54) is 12.8 Å². The van der Waals surface area contributed by atoms with Gasteiger partial charge in [0.25, 0.3) is 5.91 Å². The van der Waals surface area contributed by atoms with Gasteiger partial charge in [-0.2, -0.15) is 0 Å². The lowest BCUT2D eigenvalue weighted by atomic mass is 10.2. The first kappa shape index (κ1) is 15.8. The van der Waals surface area contributed by atoms with Gasteiger partial charge in [0, 0.05) is 32.4 Å². The van der Waals surface area contributed by atoms with E-state index in [2.05, 4.69) is 15.2 Å². The van der Waals surface area contributed by atoms with Gasteiger partial charge < -0.3 is 15.0 Å². The molecule has 0 unspecified atom stereocenters. The third kappa shape index (κ3) is 4.70. The van der Waals surface area contributed by atoms with E-state index in [-0.39, 0.29) is 12.0 Å². The van der Waals surface area contributed by atoms with Gasteiger partial charge in [-0.05, 0) is 45.2 Å². The van der Waals surface area contributed by atoms with Crippen LogP contribution in [0.1, 0.15) is 43.5 Å². The van der Waals surface area contributed by atoms with Crippen LogP contribution in [-0.4, -0.2) is 43.2 Å². The molecule has 0 aliphatic carbocycles. The molecule has 1 aliphatic heterocycles. The zero-order valence-corrected chi connectivity index (χ0v) is 13.0. The number of pyridine rings is 1. The van der Waals surface area contributed by atoms with E-state index in [0.29, 0.717) is 18.7 Å². The van der Waals surface area contributed by atoms with E-state index in [9.17, 15) is 4.79 Å². The summed E-state index contributed by atoms with van der Waals surface area (Å²) in [5.74, 6) is 0.764. The maximum Gasteiger partial charge on any atom is 0.255 e. The summed E-state index contributed by atoms with van der Waals surface area (Å²) in [4.78, 5) is 18.9. The molecule has 116 valence electrons. The van der Waals surface area contributed by atoms with Crippen LogP contribution < -0.4 is 10.2 Å². The third-order valence-corrected chi connectivity index (χ3v) is 3.49. The van der Waals surface area contributed by atoms with Crippen molar-refractivity contribution in [2.24, 2.45) is 0 Å². The Hall–Kier alpha value is -1.62. The highest BCUT2D eigenvalue weighted by Gasteiger charge is 2.20. The Morgan fingerprint density at radius 3 is 2.90 bits per heavy atom. The summed E-state index contributed by atoms with van der Waals surface area (Å²) in [5, 5.41) is 2.95. The molecule has 0 aromatic carbocycles. The highest BCUT2D eigenvalue weighted by molar-refractivity contribution is 5.98. The molecule has 0 atom stereocenters. The van der Waals surface area contributed by atoms with E-state index in [1.54, 1.807) is 6.20 Å². The predicted molar refractivity (Wildman–Crippen MR) is 83.7 cm³/mol. The molecule has 21 heavy (non-hydrogen) atoms. The molecule has 1 saturated heterocycles. The zero-order valence-electron chi connectivity index (χ0n) is 13.0. The van der Waals surface area contributed by atoms with Crippen molar-refractivity contribution >= 4 is 11.7 Å². The van der Waals surface area contributed by atoms with Crippen LogP contribution in [0.3, 0.4) is 0 Å². The van der Waals surface area contributed by atoms with Gasteiger partial charge in [-0.1, -0.05) is 0 Å². The minimum Gasteiger partial charge on any atom is -0.379 e. The summed E-state index contributed by atoms with van der Waals surface area (Å²) in [6.07, 6.45) is 5.15. The molecule has 1 fully saturated rings. The second-order valence-electron chi connectivity index (χ2n) is 5.60. The summed E-state index contributed by atoms with van der Waals surface area (Å²) in [7, 11) is 0. The summed E-state index contributed by atoms with van der Waals surface area (Å²) >= 11 is 0. The number of rotatable bonds is 7. The number of amides is 1. The van der Waals surface area contributed by atoms with E-state index >= 15 is 0 Å². The van der Waals surface area contributed by atoms with Crippen LogP contribution in [-0.2, 0) is 4.74 Å². The van der Waals surface area contributed by atoms with Gasteiger partial charge in [-0.15, -0.1) is 0 Å². The second kappa shape index (κ2) is 7.98. The molecule has 0 radical (unpaired) electrons. The molecule has 2 heterocycles. The lowest BCUT2D eigenvalue weighted by molar-refractivity contribution is 0.0757. The molecule has 0 spiro atoms. The van der Waals surface area contributed by atoms with E-state index in [4.69, 9.17) is 4.74 Å². The Bertz CT molecular complexity index is 457. The Balaban J connectivity index is 1.87. The number of carbonyl (C=O) groups is 1. The van der Waals surface area contributed by atoms with Crippen LogP contribution in [0.2, 0.25) is 0 Å². The fourth-order valence-corrected chi connectivity index (χ4v) is 2.44. The molecule has 1 amide bonds. The highest BCUT2D eigenvalue weighted by Crippen LogP contribution is 2.21. The number of aromatic nitrogens is 1. The molecule has 1 aromatic heterocycles. The van der Waals surface area contributed by atoms with Crippen LogP contribution in [0, 0.1) is 0 Å². The Morgan fingerprint density at radius 1 is 1.43 bits per heavy atom. The molecule has 0 saturated carbocycles. The lowest BCUT2D eigenvalue weighted by Gasteiger charge is -2.19. The Labute approximate surface area is 126 Å². The summed E-state index contributed by atoms with van der Waals surface area (Å²) in [6, 6.07) is 3.66. The molecule has 5 heteroatoms. The van der Waals surface area contributed by atoms with Gasteiger partial charge in [0.1, 0.15) is 5.82 Å². The lowest BCUT2D eigenvalue weighted by Crippen LogP contribution is -2.29. The van der Waals surface area contributed by atoms with Crippen molar-refractivity contribution < 1.29 is 9.53 Å². The van der Waals surface area contributed by atoms with E-state index < -0.39 is 0 Å². The van der Waals surface area contributed by atoms with Crippen molar-refractivity contribution in [2.45, 2.75) is 39.2 Å². The number of nitrogens with one attached hydrogen (secondary N) is 1.